The lowest BCUT2D eigenvalue weighted by Gasteiger charge is -2.16. The molecule has 0 saturated carbocycles. The van der Waals surface area contributed by atoms with Gasteiger partial charge in [0, 0.05) is 25.1 Å². The maximum absolute atomic E-state index is 12.3. The Morgan fingerprint density at radius 1 is 1.23 bits per heavy atom. The second-order valence-corrected chi connectivity index (χ2v) is 7.22. The monoisotopic (exact) mass is 451 g/mol. The quantitative estimate of drug-likeness (QED) is 0.408. The summed E-state index contributed by atoms with van der Waals surface area (Å²) in [6.07, 6.45) is -0.122. The number of hydrogen-bond donors (Lipinski definition) is 1. The van der Waals surface area contributed by atoms with E-state index in [0.29, 0.717) is 5.69 Å². The molecule has 1 atom stereocenters. The summed E-state index contributed by atoms with van der Waals surface area (Å²) >= 11 is 11.9. The second-order valence-electron chi connectivity index (χ2n) is 6.44. The number of carbonyl (C=O) groups is 3. The Labute approximate surface area is 180 Å². The average molecular weight is 452 g/mol. The third-order valence-corrected chi connectivity index (χ3v) is 5.20. The molecule has 0 radical (unpaired) electrons. The Balaban J connectivity index is 1.57. The molecular weight excluding hydrogens is 437 g/mol. The van der Waals surface area contributed by atoms with Gasteiger partial charge in [0.15, 0.2) is 6.61 Å². The first-order valence-corrected chi connectivity index (χ1v) is 9.47. The van der Waals surface area contributed by atoms with Gasteiger partial charge < -0.3 is 15.0 Å². The summed E-state index contributed by atoms with van der Waals surface area (Å²) < 4.78 is 5.01. The molecule has 2 aromatic carbocycles. The fraction of sp³-hybridized carbons (Fsp3) is 0.211. The van der Waals surface area contributed by atoms with Crippen LogP contribution in [0.2, 0.25) is 10.0 Å². The summed E-state index contributed by atoms with van der Waals surface area (Å²) in [6.45, 7) is -0.566. The molecule has 0 unspecified atom stereocenters. The Kier molecular flexibility index (Phi) is 6.53. The molecule has 1 saturated heterocycles. The maximum atomic E-state index is 12.3. The van der Waals surface area contributed by atoms with Gasteiger partial charge in [-0.25, -0.2) is 0 Å². The summed E-state index contributed by atoms with van der Waals surface area (Å²) in [5, 5.41) is 13.8. The third-order valence-electron chi connectivity index (χ3n) is 4.38. The van der Waals surface area contributed by atoms with Crippen LogP contribution in [-0.2, 0) is 19.1 Å². The Morgan fingerprint density at radius 3 is 2.70 bits per heavy atom. The predicted molar refractivity (Wildman–Crippen MR) is 110 cm³/mol. The molecule has 0 bridgehead atoms. The Hall–Kier alpha value is -3.17. The van der Waals surface area contributed by atoms with Crippen LogP contribution in [0, 0.1) is 16.0 Å². The molecule has 156 valence electrons. The van der Waals surface area contributed by atoms with Crippen LogP contribution in [0.25, 0.3) is 0 Å². The van der Waals surface area contributed by atoms with Gasteiger partial charge in [-0.15, -0.1) is 0 Å². The third kappa shape index (κ3) is 4.87. The van der Waals surface area contributed by atoms with E-state index < -0.39 is 29.3 Å². The van der Waals surface area contributed by atoms with Crippen LogP contribution in [0.4, 0.5) is 17.1 Å². The first-order valence-electron chi connectivity index (χ1n) is 8.71. The van der Waals surface area contributed by atoms with Gasteiger partial charge >= 0.3 is 5.97 Å². The van der Waals surface area contributed by atoms with Gasteiger partial charge in [-0.1, -0.05) is 35.3 Å². The van der Waals surface area contributed by atoms with Crippen molar-refractivity contribution < 1.29 is 24.0 Å². The first-order chi connectivity index (χ1) is 14.3. The molecule has 0 aromatic heterocycles. The normalized spacial score (nSPS) is 15.7. The molecule has 1 aliphatic heterocycles. The molecule has 1 aliphatic rings. The predicted octanol–water partition coefficient (Wildman–Crippen LogP) is 3.44. The molecule has 2 aromatic rings. The Bertz CT molecular complexity index is 1030. The lowest BCUT2D eigenvalue weighted by Crippen LogP contribution is -2.28. The molecule has 9 nitrogen and oxygen atoms in total. The van der Waals surface area contributed by atoms with Crippen LogP contribution in [0.5, 0.6) is 0 Å². The summed E-state index contributed by atoms with van der Waals surface area (Å²) in [7, 11) is 0. The summed E-state index contributed by atoms with van der Waals surface area (Å²) in [6, 6.07) is 10.3. The van der Waals surface area contributed by atoms with Crippen LogP contribution in [-0.4, -0.2) is 35.9 Å². The lowest BCUT2D eigenvalue weighted by molar-refractivity contribution is -0.384. The average Bonchev–Trinajstić information content (AvgIpc) is 3.11. The molecule has 2 amide bonds. The van der Waals surface area contributed by atoms with Crippen molar-refractivity contribution in [2.24, 2.45) is 5.92 Å². The minimum atomic E-state index is -0.792. The number of rotatable bonds is 6. The van der Waals surface area contributed by atoms with Crippen LogP contribution < -0.4 is 10.2 Å². The zero-order valence-electron chi connectivity index (χ0n) is 15.3. The fourth-order valence-electron chi connectivity index (χ4n) is 2.93. The number of benzene rings is 2. The van der Waals surface area contributed by atoms with Crippen molar-refractivity contribution in [3.8, 4) is 0 Å². The van der Waals surface area contributed by atoms with Crippen molar-refractivity contribution in [2.45, 2.75) is 6.42 Å². The number of amides is 2. The molecular formula is C19H15Cl2N3O6. The van der Waals surface area contributed by atoms with E-state index in [9.17, 15) is 24.5 Å². The first kappa shape index (κ1) is 21.5. The Morgan fingerprint density at radius 2 is 1.97 bits per heavy atom. The van der Waals surface area contributed by atoms with Gasteiger partial charge in [-0.2, -0.15) is 0 Å². The zero-order valence-corrected chi connectivity index (χ0v) is 16.9. The van der Waals surface area contributed by atoms with E-state index in [1.807, 2.05) is 0 Å². The standard InChI is InChI=1S/C19H15Cl2N3O6/c20-14-5-2-6-15(18(14)21)22-16(25)10-30-19(27)11-7-17(26)23(9-11)12-3-1-4-13(8-12)24(28)29/h1-6,8,11H,7,9-10H2,(H,22,25)/t11-/m1/s1. The highest BCUT2D eigenvalue weighted by Gasteiger charge is 2.36. The van der Waals surface area contributed by atoms with Gasteiger partial charge in [0.05, 0.1) is 32.3 Å². The number of esters is 1. The zero-order chi connectivity index (χ0) is 21.8. The number of ether oxygens (including phenoxy) is 1. The largest absolute Gasteiger partial charge is 0.455 e. The smallest absolute Gasteiger partial charge is 0.311 e. The molecule has 11 heteroatoms. The van der Waals surface area contributed by atoms with Crippen molar-refractivity contribution in [2.75, 3.05) is 23.4 Å². The number of halogens is 2. The van der Waals surface area contributed by atoms with Crippen LogP contribution in [0.15, 0.2) is 42.5 Å². The van der Waals surface area contributed by atoms with E-state index in [-0.39, 0.29) is 40.3 Å². The van der Waals surface area contributed by atoms with Crippen molar-refractivity contribution in [1.29, 1.82) is 0 Å². The summed E-state index contributed by atoms with van der Waals surface area (Å²) in [5.41, 5.74) is 0.429. The fourth-order valence-corrected chi connectivity index (χ4v) is 3.28. The van der Waals surface area contributed by atoms with Crippen molar-refractivity contribution in [3.63, 3.8) is 0 Å². The summed E-state index contributed by atoms with van der Waals surface area (Å²) in [5.74, 6) is -2.50. The molecule has 30 heavy (non-hydrogen) atoms. The maximum Gasteiger partial charge on any atom is 0.311 e. The number of hydrogen-bond acceptors (Lipinski definition) is 6. The van der Waals surface area contributed by atoms with Crippen molar-refractivity contribution in [3.05, 3.63) is 62.6 Å². The van der Waals surface area contributed by atoms with E-state index in [0.717, 1.165) is 0 Å². The van der Waals surface area contributed by atoms with Gasteiger partial charge in [0.1, 0.15) is 0 Å². The highest BCUT2D eigenvalue weighted by Crippen LogP contribution is 2.30. The molecule has 3 rings (SSSR count). The van der Waals surface area contributed by atoms with E-state index in [2.05, 4.69) is 5.32 Å². The van der Waals surface area contributed by atoms with E-state index in [1.165, 1.54) is 23.1 Å². The van der Waals surface area contributed by atoms with Gasteiger partial charge in [0.2, 0.25) is 5.91 Å². The van der Waals surface area contributed by atoms with Gasteiger partial charge in [0.25, 0.3) is 11.6 Å². The number of anilines is 2. The molecule has 1 N–H and O–H groups in total. The SMILES string of the molecule is O=C(COC(=O)[C@@H]1CC(=O)N(c2cccc([N+](=O)[O-])c2)C1)Nc1cccc(Cl)c1Cl. The topological polar surface area (TPSA) is 119 Å². The number of carbonyl (C=O) groups excluding carboxylic acids is 3. The molecule has 0 spiro atoms. The highest BCUT2D eigenvalue weighted by molar-refractivity contribution is 6.44. The van der Waals surface area contributed by atoms with Crippen molar-refractivity contribution >= 4 is 58.0 Å². The molecule has 0 aliphatic carbocycles. The minimum Gasteiger partial charge on any atom is -0.455 e. The number of non-ortho nitro benzene ring substituents is 1. The summed E-state index contributed by atoms with van der Waals surface area (Å²) in [4.78, 5) is 48.2. The van der Waals surface area contributed by atoms with E-state index in [4.69, 9.17) is 27.9 Å². The van der Waals surface area contributed by atoms with Crippen molar-refractivity contribution in [1.82, 2.24) is 0 Å². The second kappa shape index (κ2) is 9.10. The molecule has 1 heterocycles. The number of nitrogens with one attached hydrogen (secondary N) is 1. The van der Waals surface area contributed by atoms with E-state index >= 15 is 0 Å². The number of nitro benzene ring substituents is 1. The lowest BCUT2D eigenvalue weighted by atomic mass is 10.1. The number of nitrogens with zero attached hydrogens (tertiary/aromatic N) is 2. The van der Waals surface area contributed by atoms with E-state index in [1.54, 1.807) is 24.3 Å². The van der Waals surface area contributed by atoms with Gasteiger partial charge in [-0.3, -0.25) is 24.5 Å². The minimum absolute atomic E-state index is 0.000570. The molecule has 1 fully saturated rings. The highest BCUT2D eigenvalue weighted by atomic mass is 35.5. The van der Waals surface area contributed by atoms with Crippen LogP contribution in [0.3, 0.4) is 0 Å². The van der Waals surface area contributed by atoms with Gasteiger partial charge in [-0.05, 0) is 18.2 Å². The van der Waals surface area contributed by atoms with Crippen LogP contribution in [0.1, 0.15) is 6.42 Å². The van der Waals surface area contributed by atoms with Crippen LogP contribution >= 0.6 is 23.2 Å². The number of nitro groups is 1.